The van der Waals surface area contributed by atoms with Gasteiger partial charge in [-0.3, -0.25) is 14.8 Å². The maximum atomic E-state index is 12.9. The SMILES string of the molecule is C=NCCc1ccc2nccc(Nc3ccc(C(=O)Nc4cccc(Nc5ccncc5)c4)cc3)c2c1. The van der Waals surface area contributed by atoms with Gasteiger partial charge < -0.3 is 20.9 Å². The number of amides is 1. The molecule has 0 bridgehead atoms. The molecule has 0 aliphatic rings. The number of anilines is 5. The fourth-order valence-corrected chi connectivity index (χ4v) is 4.01. The van der Waals surface area contributed by atoms with E-state index in [4.69, 9.17) is 0 Å². The number of hydrogen-bond acceptors (Lipinski definition) is 6. The van der Waals surface area contributed by atoms with Gasteiger partial charge in [0.1, 0.15) is 0 Å². The second-order valence-corrected chi connectivity index (χ2v) is 8.51. The standard InChI is InChI=1S/C30H26N6O/c1-31-15-11-21-5-10-28-27(19-21)29(14-18-33-28)35-23-8-6-22(7-9-23)30(37)36-26-4-2-3-25(20-26)34-24-12-16-32-17-13-24/h2-10,12-14,16-20H,1,11,15H2,(H,32,34)(H,33,35)(H,36,37). The molecule has 0 radical (unpaired) electrons. The Bertz CT molecular complexity index is 1530. The molecule has 0 unspecified atom stereocenters. The highest BCUT2D eigenvalue weighted by Gasteiger charge is 2.08. The summed E-state index contributed by atoms with van der Waals surface area (Å²) in [5, 5.41) is 10.8. The van der Waals surface area contributed by atoms with Crippen LogP contribution in [0, 0.1) is 0 Å². The van der Waals surface area contributed by atoms with Gasteiger partial charge >= 0.3 is 0 Å². The van der Waals surface area contributed by atoms with E-state index in [1.807, 2.05) is 60.7 Å². The molecule has 0 saturated heterocycles. The predicted octanol–water partition coefficient (Wildman–Crippen LogP) is 6.61. The van der Waals surface area contributed by atoms with Crippen molar-refractivity contribution < 1.29 is 4.79 Å². The van der Waals surface area contributed by atoms with Crippen molar-refractivity contribution in [2.75, 3.05) is 22.5 Å². The van der Waals surface area contributed by atoms with Crippen LogP contribution in [0.5, 0.6) is 0 Å². The monoisotopic (exact) mass is 486 g/mol. The van der Waals surface area contributed by atoms with E-state index >= 15 is 0 Å². The third kappa shape index (κ3) is 5.97. The molecular weight excluding hydrogens is 460 g/mol. The van der Waals surface area contributed by atoms with Gasteiger partial charge in [-0.15, -0.1) is 0 Å². The number of hydrogen-bond donors (Lipinski definition) is 3. The Balaban J connectivity index is 1.27. The number of carbonyl (C=O) groups is 1. The Morgan fingerprint density at radius 2 is 1.57 bits per heavy atom. The number of nitrogens with one attached hydrogen (secondary N) is 3. The van der Waals surface area contributed by atoms with Crippen LogP contribution in [-0.2, 0) is 6.42 Å². The van der Waals surface area contributed by atoms with Crippen LogP contribution in [0.2, 0.25) is 0 Å². The lowest BCUT2D eigenvalue weighted by Gasteiger charge is -2.12. The van der Waals surface area contributed by atoms with Gasteiger partial charge in [0.05, 0.1) is 5.52 Å². The zero-order chi connectivity index (χ0) is 25.5. The summed E-state index contributed by atoms with van der Waals surface area (Å²) in [5.74, 6) is -0.178. The average Bonchev–Trinajstić information content (AvgIpc) is 2.93. The first-order chi connectivity index (χ1) is 18.2. The second-order valence-electron chi connectivity index (χ2n) is 8.51. The van der Waals surface area contributed by atoms with Crippen molar-refractivity contribution in [2.24, 2.45) is 4.99 Å². The van der Waals surface area contributed by atoms with Crippen molar-refractivity contribution in [1.82, 2.24) is 9.97 Å². The summed E-state index contributed by atoms with van der Waals surface area (Å²) in [4.78, 5) is 25.3. The third-order valence-corrected chi connectivity index (χ3v) is 5.88. The van der Waals surface area contributed by atoms with E-state index in [-0.39, 0.29) is 5.91 Å². The molecular formula is C30H26N6O. The Morgan fingerprint density at radius 1 is 0.784 bits per heavy atom. The van der Waals surface area contributed by atoms with Gasteiger partial charge in [0, 0.05) is 64.5 Å². The number of fused-ring (bicyclic) bond motifs is 1. The normalized spacial score (nSPS) is 10.6. The van der Waals surface area contributed by atoms with Crippen LogP contribution in [0.15, 0.2) is 109 Å². The fourth-order valence-electron chi connectivity index (χ4n) is 4.01. The summed E-state index contributed by atoms with van der Waals surface area (Å²) in [6, 6.07) is 26.9. The number of aromatic nitrogens is 2. The zero-order valence-electron chi connectivity index (χ0n) is 20.2. The molecule has 7 nitrogen and oxygen atoms in total. The van der Waals surface area contributed by atoms with Crippen molar-refractivity contribution in [3.05, 3.63) is 115 Å². The number of rotatable bonds is 9. The third-order valence-electron chi connectivity index (χ3n) is 5.88. The molecule has 0 saturated carbocycles. The summed E-state index contributed by atoms with van der Waals surface area (Å²) in [7, 11) is 0. The maximum Gasteiger partial charge on any atom is 0.255 e. The smallest absolute Gasteiger partial charge is 0.255 e. The highest BCUT2D eigenvalue weighted by atomic mass is 16.1. The average molecular weight is 487 g/mol. The van der Waals surface area contributed by atoms with Crippen molar-refractivity contribution in [1.29, 1.82) is 0 Å². The zero-order valence-corrected chi connectivity index (χ0v) is 20.2. The van der Waals surface area contributed by atoms with Crippen LogP contribution in [0.1, 0.15) is 15.9 Å². The molecule has 37 heavy (non-hydrogen) atoms. The first kappa shape index (κ1) is 23.7. The lowest BCUT2D eigenvalue weighted by molar-refractivity contribution is 0.102. The molecule has 0 aliphatic heterocycles. The molecule has 182 valence electrons. The van der Waals surface area contributed by atoms with E-state index in [9.17, 15) is 4.79 Å². The minimum Gasteiger partial charge on any atom is -0.355 e. The highest BCUT2D eigenvalue weighted by molar-refractivity contribution is 6.04. The van der Waals surface area contributed by atoms with Gasteiger partial charge in [-0.2, -0.15) is 0 Å². The largest absolute Gasteiger partial charge is 0.355 e. The van der Waals surface area contributed by atoms with E-state index in [0.717, 1.165) is 40.1 Å². The molecule has 3 N–H and O–H groups in total. The summed E-state index contributed by atoms with van der Waals surface area (Å²) in [6.45, 7) is 4.25. The first-order valence-corrected chi connectivity index (χ1v) is 11.9. The predicted molar refractivity (Wildman–Crippen MR) is 152 cm³/mol. The van der Waals surface area contributed by atoms with E-state index in [1.54, 1.807) is 30.7 Å². The van der Waals surface area contributed by atoms with Crippen LogP contribution < -0.4 is 16.0 Å². The van der Waals surface area contributed by atoms with Crippen molar-refractivity contribution in [2.45, 2.75) is 6.42 Å². The second kappa shape index (κ2) is 11.1. The van der Waals surface area contributed by atoms with Gasteiger partial charge in [-0.05, 0) is 91.5 Å². The molecule has 7 heteroatoms. The van der Waals surface area contributed by atoms with Gasteiger partial charge in [0.15, 0.2) is 0 Å². The molecule has 1 amide bonds. The van der Waals surface area contributed by atoms with Crippen LogP contribution in [0.4, 0.5) is 28.4 Å². The fraction of sp³-hybridized carbons (Fsp3) is 0.0667. The van der Waals surface area contributed by atoms with E-state index in [0.29, 0.717) is 17.8 Å². The Hall–Kier alpha value is -5.04. The summed E-state index contributed by atoms with van der Waals surface area (Å²) >= 11 is 0. The summed E-state index contributed by atoms with van der Waals surface area (Å²) < 4.78 is 0. The number of carbonyl (C=O) groups excluding carboxylic acids is 1. The highest BCUT2D eigenvalue weighted by Crippen LogP contribution is 2.27. The molecule has 2 aromatic heterocycles. The van der Waals surface area contributed by atoms with Crippen LogP contribution >= 0.6 is 0 Å². The number of pyridine rings is 2. The molecule has 5 rings (SSSR count). The maximum absolute atomic E-state index is 12.9. The van der Waals surface area contributed by atoms with Crippen molar-refractivity contribution in [3.63, 3.8) is 0 Å². The quantitative estimate of drug-likeness (QED) is 0.204. The molecule has 0 fully saturated rings. The van der Waals surface area contributed by atoms with Crippen LogP contribution in [-0.4, -0.2) is 29.1 Å². The van der Waals surface area contributed by atoms with E-state index in [1.165, 1.54) is 5.56 Å². The molecule has 5 aromatic rings. The van der Waals surface area contributed by atoms with Gasteiger partial charge in [-0.1, -0.05) is 12.1 Å². The minimum absolute atomic E-state index is 0.178. The Kier molecular flexibility index (Phi) is 7.13. The van der Waals surface area contributed by atoms with Gasteiger partial charge in [-0.25, -0.2) is 0 Å². The molecule has 3 aromatic carbocycles. The number of nitrogens with zero attached hydrogens (tertiary/aromatic N) is 3. The van der Waals surface area contributed by atoms with Gasteiger partial charge in [0.2, 0.25) is 0 Å². The minimum atomic E-state index is -0.178. The first-order valence-electron chi connectivity index (χ1n) is 11.9. The van der Waals surface area contributed by atoms with Crippen LogP contribution in [0.25, 0.3) is 10.9 Å². The van der Waals surface area contributed by atoms with Crippen molar-refractivity contribution in [3.8, 4) is 0 Å². The molecule has 0 aliphatic carbocycles. The molecule has 0 spiro atoms. The summed E-state index contributed by atoms with van der Waals surface area (Å²) in [5.41, 5.74) is 7.00. The number of aliphatic imine (C=N–C) groups is 1. The van der Waals surface area contributed by atoms with E-state index < -0.39 is 0 Å². The van der Waals surface area contributed by atoms with E-state index in [2.05, 4.69) is 49.8 Å². The number of benzene rings is 3. The lowest BCUT2D eigenvalue weighted by atomic mass is 10.1. The molecule has 0 atom stereocenters. The summed E-state index contributed by atoms with van der Waals surface area (Å²) in [6.07, 6.45) is 6.07. The van der Waals surface area contributed by atoms with Gasteiger partial charge in [0.25, 0.3) is 5.91 Å². The Labute approximate surface area is 215 Å². The topological polar surface area (TPSA) is 91.3 Å². The van der Waals surface area contributed by atoms with Crippen molar-refractivity contribution >= 4 is 52.0 Å². The lowest BCUT2D eigenvalue weighted by Crippen LogP contribution is -2.11. The Morgan fingerprint density at radius 3 is 2.38 bits per heavy atom. The van der Waals surface area contributed by atoms with Crippen LogP contribution in [0.3, 0.4) is 0 Å². The molecule has 2 heterocycles.